The first-order valence-corrected chi connectivity index (χ1v) is 7.97. The molecule has 0 spiro atoms. The molecule has 1 atom stereocenters. The standard InChI is InChI=1S/C16H22N4O2/c1-3-6-12-9-13(19-22-12)16(21)20-8-5-4-7-14(20)15-11(2)10-17-18-15/h9-10,14H,3-8H2,1-2H3,(H,17,18)/t14-/m0/s1. The first-order valence-electron chi connectivity index (χ1n) is 7.97. The first kappa shape index (κ1) is 14.8. The quantitative estimate of drug-likeness (QED) is 0.942. The van der Waals surface area contributed by atoms with Crippen LogP contribution in [0.5, 0.6) is 0 Å². The van der Waals surface area contributed by atoms with E-state index in [0.29, 0.717) is 5.69 Å². The number of aromatic nitrogens is 3. The van der Waals surface area contributed by atoms with Crippen LogP contribution in [0, 0.1) is 6.92 Å². The van der Waals surface area contributed by atoms with Gasteiger partial charge in [0.2, 0.25) is 0 Å². The molecule has 0 bridgehead atoms. The highest BCUT2D eigenvalue weighted by Gasteiger charge is 2.32. The second-order valence-corrected chi connectivity index (χ2v) is 5.91. The summed E-state index contributed by atoms with van der Waals surface area (Å²) in [5.41, 5.74) is 2.54. The van der Waals surface area contributed by atoms with Gasteiger partial charge in [-0.25, -0.2) is 0 Å². The molecule has 6 nitrogen and oxygen atoms in total. The molecule has 2 aromatic rings. The van der Waals surface area contributed by atoms with E-state index in [1.165, 1.54) is 0 Å². The number of aromatic amines is 1. The van der Waals surface area contributed by atoms with Crippen molar-refractivity contribution in [2.45, 2.75) is 52.0 Å². The Balaban J connectivity index is 1.83. The number of rotatable bonds is 4. The molecular formula is C16H22N4O2. The molecule has 0 unspecified atom stereocenters. The Hall–Kier alpha value is -2.11. The summed E-state index contributed by atoms with van der Waals surface area (Å²) in [7, 11) is 0. The summed E-state index contributed by atoms with van der Waals surface area (Å²) >= 11 is 0. The van der Waals surface area contributed by atoms with Crippen molar-refractivity contribution in [3.8, 4) is 0 Å². The van der Waals surface area contributed by atoms with Gasteiger partial charge in [-0.15, -0.1) is 0 Å². The van der Waals surface area contributed by atoms with Crippen molar-refractivity contribution < 1.29 is 9.32 Å². The topological polar surface area (TPSA) is 75.0 Å². The zero-order valence-corrected chi connectivity index (χ0v) is 13.1. The molecule has 1 N–H and O–H groups in total. The van der Waals surface area contributed by atoms with Gasteiger partial charge in [-0.1, -0.05) is 12.1 Å². The van der Waals surface area contributed by atoms with Gasteiger partial charge in [0.1, 0.15) is 5.76 Å². The van der Waals surface area contributed by atoms with E-state index >= 15 is 0 Å². The van der Waals surface area contributed by atoms with E-state index in [-0.39, 0.29) is 11.9 Å². The lowest BCUT2D eigenvalue weighted by molar-refractivity contribution is 0.0594. The summed E-state index contributed by atoms with van der Waals surface area (Å²) in [6.45, 7) is 4.84. The fourth-order valence-electron chi connectivity index (χ4n) is 3.09. The van der Waals surface area contributed by atoms with Gasteiger partial charge < -0.3 is 9.42 Å². The number of aryl methyl sites for hydroxylation is 2. The van der Waals surface area contributed by atoms with Crippen LogP contribution in [0.1, 0.15) is 66.2 Å². The van der Waals surface area contributed by atoms with Crippen molar-refractivity contribution in [3.05, 3.63) is 35.0 Å². The van der Waals surface area contributed by atoms with Crippen molar-refractivity contribution in [1.29, 1.82) is 0 Å². The maximum atomic E-state index is 12.8. The van der Waals surface area contributed by atoms with E-state index in [9.17, 15) is 4.79 Å². The Morgan fingerprint density at radius 3 is 3.09 bits per heavy atom. The summed E-state index contributed by atoms with van der Waals surface area (Å²) in [4.78, 5) is 14.7. The van der Waals surface area contributed by atoms with Crippen LogP contribution < -0.4 is 0 Å². The molecule has 0 radical (unpaired) electrons. The third-order valence-electron chi connectivity index (χ3n) is 4.24. The van der Waals surface area contributed by atoms with Crippen LogP contribution in [-0.2, 0) is 6.42 Å². The molecule has 0 saturated carbocycles. The number of hydrogen-bond acceptors (Lipinski definition) is 4. The van der Waals surface area contributed by atoms with E-state index in [0.717, 1.165) is 55.7 Å². The average molecular weight is 302 g/mol. The third-order valence-corrected chi connectivity index (χ3v) is 4.24. The minimum atomic E-state index is -0.0511. The fraction of sp³-hybridized carbons (Fsp3) is 0.562. The Bertz CT molecular complexity index is 646. The largest absolute Gasteiger partial charge is 0.361 e. The van der Waals surface area contributed by atoms with Crippen LogP contribution >= 0.6 is 0 Å². The first-order chi connectivity index (χ1) is 10.7. The number of hydrogen-bond donors (Lipinski definition) is 1. The van der Waals surface area contributed by atoms with Crippen molar-refractivity contribution in [1.82, 2.24) is 20.3 Å². The summed E-state index contributed by atoms with van der Waals surface area (Å²) < 4.78 is 5.25. The van der Waals surface area contributed by atoms with E-state index in [4.69, 9.17) is 4.52 Å². The van der Waals surface area contributed by atoms with Crippen LogP contribution in [-0.4, -0.2) is 32.7 Å². The lowest BCUT2D eigenvalue weighted by Crippen LogP contribution is -2.39. The van der Waals surface area contributed by atoms with Gasteiger partial charge in [0.25, 0.3) is 5.91 Å². The fourth-order valence-corrected chi connectivity index (χ4v) is 3.09. The minimum absolute atomic E-state index is 0.0510. The number of piperidine rings is 1. The van der Waals surface area contributed by atoms with Crippen LogP contribution in [0.15, 0.2) is 16.8 Å². The van der Waals surface area contributed by atoms with Crippen molar-refractivity contribution in [2.24, 2.45) is 0 Å². The van der Waals surface area contributed by atoms with Gasteiger partial charge in [-0.3, -0.25) is 9.89 Å². The van der Waals surface area contributed by atoms with Crippen LogP contribution in [0.25, 0.3) is 0 Å². The normalized spacial score (nSPS) is 18.6. The molecule has 22 heavy (non-hydrogen) atoms. The maximum Gasteiger partial charge on any atom is 0.276 e. The van der Waals surface area contributed by atoms with Gasteiger partial charge >= 0.3 is 0 Å². The van der Waals surface area contributed by atoms with E-state index in [2.05, 4.69) is 22.3 Å². The second-order valence-electron chi connectivity index (χ2n) is 5.91. The van der Waals surface area contributed by atoms with Crippen molar-refractivity contribution in [3.63, 3.8) is 0 Å². The predicted octanol–water partition coefficient (Wildman–Crippen LogP) is 3.03. The number of amides is 1. The number of nitrogens with zero attached hydrogens (tertiary/aromatic N) is 3. The van der Waals surface area contributed by atoms with E-state index in [1.807, 2.05) is 18.0 Å². The van der Waals surface area contributed by atoms with Crippen LogP contribution in [0.2, 0.25) is 0 Å². The Morgan fingerprint density at radius 1 is 1.50 bits per heavy atom. The second kappa shape index (κ2) is 6.34. The van der Waals surface area contributed by atoms with Crippen LogP contribution in [0.3, 0.4) is 0 Å². The summed E-state index contributed by atoms with van der Waals surface area (Å²) in [6, 6.07) is 1.83. The molecule has 1 fully saturated rings. The van der Waals surface area contributed by atoms with Gasteiger partial charge in [-0.2, -0.15) is 5.10 Å². The molecule has 1 aliphatic heterocycles. The van der Waals surface area contributed by atoms with Gasteiger partial charge in [-0.05, 0) is 38.2 Å². The summed E-state index contributed by atoms with van der Waals surface area (Å²) in [6.07, 6.45) is 6.68. The molecular weight excluding hydrogens is 280 g/mol. The van der Waals surface area contributed by atoms with Crippen molar-refractivity contribution >= 4 is 5.91 Å². The maximum absolute atomic E-state index is 12.8. The van der Waals surface area contributed by atoms with Gasteiger partial charge in [0, 0.05) is 19.0 Å². The summed E-state index contributed by atoms with van der Waals surface area (Å²) in [5.74, 6) is 0.724. The molecule has 1 amide bonds. The molecule has 0 aromatic carbocycles. The molecule has 3 rings (SSSR count). The number of carbonyl (C=O) groups excluding carboxylic acids is 1. The van der Waals surface area contributed by atoms with E-state index < -0.39 is 0 Å². The lowest BCUT2D eigenvalue weighted by atomic mass is 9.97. The SMILES string of the molecule is CCCc1cc(C(=O)N2CCCC[C@H]2c2[nH]ncc2C)no1. The molecule has 1 aliphatic rings. The predicted molar refractivity (Wildman–Crippen MR) is 81.5 cm³/mol. The number of H-pyrrole nitrogens is 1. The Kier molecular flexibility index (Phi) is 4.27. The van der Waals surface area contributed by atoms with Crippen LogP contribution in [0.4, 0.5) is 0 Å². The molecule has 1 saturated heterocycles. The van der Waals surface area contributed by atoms with E-state index in [1.54, 1.807) is 6.07 Å². The summed E-state index contributed by atoms with van der Waals surface area (Å²) in [5, 5.41) is 11.1. The third kappa shape index (κ3) is 2.77. The highest BCUT2D eigenvalue weighted by atomic mass is 16.5. The molecule has 2 aromatic heterocycles. The average Bonchev–Trinajstić information content (AvgIpc) is 3.16. The number of nitrogens with one attached hydrogen (secondary N) is 1. The zero-order chi connectivity index (χ0) is 15.5. The smallest absolute Gasteiger partial charge is 0.276 e. The number of likely N-dealkylation sites (tertiary alicyclic amines) is 1. The lowest BCUT2D eigenvalue weighted by Gasteiger charge is -2.35. The molecule has 0 aliphatic carbocycles. The van der Waals surface area contributed by atoms with Crippen molar-refractivity contribution in [2.75, 3.05) is 6.54 Å². The molecule has 118 valence electrons. The highest BCUT2D eigenvalue weighted by Crippen LogP contribution is 2.32. The highest BCUT2D eigenvalue weighted by molar-refractivity contribution is 5.92. The Morgan fingerprint density at radius 2 is 2.36 bits per heavy atom. The Labute approximate surface area is 129 Å². The molecule has 3 heterocycles. The minimum Gasteiger partial charge on any atom is -0.361 e. The monoisotopic (exact) mass is 302 g/mol. The van der Waals surface area contributed by atoms with Gasteiger partial charge in [0.15, 0.2) is 5.69 Å². The number of carbonyl (C=O) groups is 1. The van der Waals surface area contributed by atoms with Gasteiger partial charge in [0.05, 0.1) is 17.9 Å². The molecule has 6 heteroatoms. The zero-order valence-electron chi connectivity index (χ0n) is 13.1.